The van der Waals surface area contributed by atoms with Gasteiger partial charge in [0.05, 0.1) is 5.69 Å². The lowest BCUT2D eigenvalue weighted by atomic mass is 9.73. The SMILES string of the molecule is CC(C)NCc1cccc2c1C1(CCNCC1)CN2c1ncnc2c1[C@H](C)C[C@H]2F.Cl.Cl.Cl. The number of hydrogen-bond donors (Lipinski definition) is 2. The highest BCUT2D eigenvalue weighted by Gasteiger charge is 2.47. The Balaban J connectivity index is 0.00000128. The van der Waals surface area contributed by atoms with E-state index in [4.69, 9.17) is 4.98 Å². The molecule has 5 rings (SSSR count). The van der Waals surface area contributed by atoms with E-state index in [2.05, 4.69) is 59.5 Å². The second kappa shape index (κ2) is 11.0. The molecule has 3 heterocycles. The van der Waals surface area contributed by atoms with Crippen LogP contribution in [0.3, 0.4) is 0 Å². The number of hydrogen-bond acceptors (Lipinski definition) is 5. The second-order valence-electron chi connectivity index (χ2n) is 9.56. The fourth-order valence-electron chi connectivity index (χ4n) is 5.73. The van der Waals surface area contributed by atoms with E-state index >= 15 is 0 Å². The van der Waals surface area contributed by atoms with Crippen molar-refractivity contribution in [1.82, 2.24) is 20.6 Å². The predicted octanol–water partition coefficient (Wildman–Crippen LogP) is 5.53. The summed E-state index contributed by atoms with van der Waals surface area (Å²) in [5.41, 5.74) is 5.81. The van der Waals surface area contributed by atoms with Crippen LogP contribution >= 0.6 is 37.2 Å². The number of nitrogens with one attached hydrogen (secondary N) is 2. The number of benzene rings is 1. The molecule has 0 radical (unpaired) electrons. The van der Waals surface area contributed by atoms with E-state index in [1.807, 2.05) is 0 Å². The third-order valence-corrected chi connectivity index (χ3v) is 7.17. The van der Waals surface area contributed by atoms with Crippen LogP contribution in [0.15, 0.2) is 24.5 Å². The molecule has 2 aliphatic heterocycles. The first-order chi connectivity index (χ1) is 14.5. The van der Waals surface area contributed by atoms with Gasteiger partial charge in [-0.3, -0.25) is 0 Å². The van der Waals surface area contributed by atoms with Crippen LogP contribution in [0.1, 0.15) is 74.5 Å². The lowest BCUT2D eigenvalue weighted by Crippen LogP contribution is -2.43. The van der Waals surface area contributed by atoms with Crippen molar-refractivity contribution in [2.45, 2.75) is 70.1 Å². The Hall–Kier alpha value is -1.18. The van der Waals surface area contributed by atoms with Crippen LogP contribution in [0.5, 0.6) is 0 Å². The lowest BCUT2D eigenvalue weighted by Gasteiger charge is -2.36. The molecule has 5 nitrogen and oxygen atoms in total. The van der Waals surface area contributed by atoms with Gasteiger partial charge in [-0.25, -0.2) is 14.4 Å². The van der Waals surface area contributed by atoms with Gasteiger partial charge in [0.15, 0.2) is 0 Å². The lowest BCUT2D eigenvalue weighted by molar-refractivity contribution is 0.326. The van der Waals surface area contributed by atoms with Gasteiger partial charge in [0.1, 0.15) is 18.3 Å². The summed E-state index contributed by atoms with van der Waals surface area (Å²) in [6.07, 6.45) is 3.31. The smallest absolute Gasteiger partial charge is 0.143 e. The number of rotatable bonds is 4. The van der Waals surface area contributed by atoms with Crippen molar-refractivity contribution in [3.8, 4) is 0 Å². The van der Waals surface area contributed by atoms with Crippen LogP contribution in [0, 0.1) is 0 Å². The van der Waals surface area contributed by atoms with Crippen LogP contribution in [-0.4, -0.2) is 35.6 Å². The number of halogens is 4. The van der Waals surface area contributed by atoms with Gasteiger partial charge >= 0.3 is 0 Å². The maximum absolute atomic E-state index is 14.6. The average Bonchev–Trinajstić information content (AvgIpc) is 3.22. The summed E-state index contributed by atoms with van der Waals surface area (Å²) in [6, 6.07) is 7.10. The molecule has 1 aromatic heterocycles. The van der Waals surface area contributed by atoms with E-state index in [1.165, 1.54) is 16.8 Å². The molecule has 2 atom stereocenters. The molecule has 1 spiro atoms. The highest BCUT2D eigenvalue weighted by molar-refractivity contribution is 5.86. The van der Waals surface area contributed by atoms with Crippen molar-refractivity contribution in [3.05, 3.63) is 46.9 Å². The van der Waals surface area contributed by atoms with Gasteiger partial charge in [0, 0.05) is 35.8 Å². The van der Waals surface area contributed by atoms with E-state index in [0.717, 1.165) is 50.4 Å². The summed E-state index contributed by atoms with van der Waals surface area (Å²) in [6.45, 7) is 10.3. The van der Waals surface area contributed by atoms with Crippen LogP contribution in [0.2, 0.25) is 0 Å². The summed E-state index contributed by atoms with van der Waals surface area (Å²) >= 11 is 0. The first-order valence-electron chi connectivity index (χ1n) is 11.3. The number of alkyl halides is 1. The van der Waals surface area contributed by atoms with Crippen molar-refractivity contribution in [3.63, 3.8) is 0 Å². The Labute approximate surface area is 215 Å². The van der Waals surface area contributed by atoms with E-state index in [9.17, 15) is 4.39 Å². The van der Waals surface area contributed by atoms with Crippen LogP contribution in [0.4, 0.5) is 15.9 Å². The molecule has 0 bridgehead atoms. The molecule has 0 amide bonds. The minimum absolute atomic E-state index is 0. The topological polar surface area (TPSA) is 53.1 Å². The van der Waals surface area contributed by atoms with Gasteiger partial charge in [-0.05, 0) is 55.5 Å². The normalized spacial score (nSPS) is 22.3. The maximum atomic E-state index is 14.6. The predicted molar refractivity (Wildman–Crippen MR) is 140 cm³/mol. The van der Waals surface area contributed by atoms with Crippen molar-refractivity contribution < 1.29 is 4.39 Å². The molecular formula is C24H35Cl3FN5. The Morgan fingerprint density at radius 2 is 1.91 bits per heavy atom. The van der Waals surface area contributed by atoms with Gasteiger partial charge in [0.25, 0.3) is 0 Å². The molecule has 2 N–H and O–H groups in total. The van der Waals surface area contributed by atoms with E-state index in [-0.39, 0.29) is 48.6 Å². The summed E-state index contributed by atoms with van der Waals surface area (Å²) in [7, 11) is 0. The number of aromatic nitrogens is 2. The van der Waals surface area contributed by atoms with Crippen LogP contribution < -0.4 is 15.5 Å². The summed E-state index contributed by atoms with van der Waals surface area (Å²) in [5, 5.41) is 7.15. The quantitative estimate of drug-likeness (QED) is 0.557. The van der Waals surface area contributed by atoms with Crippen molar-refractivity contribution in [1.29, 1.82) is 0 Å². The fourth-order valence-corrected chi connectivity index (χ4v) is 5.73. The molecule has 184 valence electrons. The molecule has 2 aromatic rings. The summed E-state index contributed by atoms with van der Waals surface area (Å²) in [5.74, 6) is 1.06. The first-order valence-corrected chi connectivity index (χ1v) is 11.3. The fraction of sp³-hybridized carbons (Fsp3) is 0.583. The molecule has 1 fully saturated rings. The monoisotopic (exact) mass is 517 g/mol. The Kier molecular flexibility index (Phi) is 9.39. The van der Waals surface area contributed by atoms with Gasteiger partial charge in [-0.2, -0.15) is 0 Å². The zero-order valence-corrected chi connectivity index (χ0v) is 21.9. The molecule has 1 aliphatic carbocycles. The zero-order valence-electron chi connectivity index (χ0n) is 19.4. The summed E-state index contributed by atoms with van der Waals surface area (Å²) < 4.78 is 14.6. The van der Waals surface area contributed by atoms with Gasteiger partial charge in [0.2, 0.25) is 0 Å². The highest BCUT2D eigenvalue weighted by atomic mass is 35.5. The van der Waals surface area contributed by atoms with Crippen molar-refractivity contribution in [2.24, 2.45) is 0 Å². The third-order valence-electron chi connectivity index (χ3n) is 7.17. The Morgan fingerprint density at radius 3 is 2.61 bits per heavy atom. The molecule has 3 aliphatic rings. The van der Waals surface area contributed by atoms with Gasteiger partial charge < -0.3 is 15.5 Å². The standard InChI is InChI=1S/C24H32FN5.3ClH/c1-15(2)27-12-17-5-4-6-19-21(17)24(7-9-26-10-8-24)13-30(19)23-20-16(3)11-18(25)22(20)28-14-29-23;;;/h4-6,14-16,18,26-27H,7-13H2,1-3H3;3*1H/t16-,18-;;;/m1.../s1. The number of piperidine rings is 1. The van der Waals surface area contributed by atoms with Crippen molar-refractivity contribution in [2.75, 3.05) is 24.5 Å². The molecule has 0 unspecified atom stereocenters. The molecule has 33 heavy (non-hydrogen) atoms. The minimum atomic E-state index is -0.978. The number of nitrogens with zero attached hydrogens (tertiary/aromatic N) is 3. The highest BCUT2D eigenvalue weighted by Crippen LogP contribution is 2.53. The number of anilines is 2. The Bertz CT molecular complexity index is 952. The molecular weight excluding hydrogens is 484 g/mol. The molecule has 0 saturated carbocycles. The third kappa shape index (κ3) is 4.83. The average molecular weight is 519 g/mol. The van der Waals surface area contributed by atoms with Gasteiger partial charge in [-0.15, -0.1) is 37.2 Å². The van der Waals surface area contributed by atoms with Crippen LogP contribution in [-0.2, 0) is 12.0 Å². The zero-order chi connectivity index (χ0) is 20.9. The largest absolute Gasteiger partial charge is 0.325 e. The first kappa shape index (κ1) is 28.1. The van der Waals surface area contributed by atoms with E-state index < -0.39 is 6.17 Å². The molecule has 1 saturated heterocycles. The molecule has 1 aromatic carbocycles. The van der Waals surface area contributed by atoms with Crippen molar-refractivity contribution >= 4 is 48.7 Å². The second-order valence-corrected chi connectivity index (χ2v) is 9.56. The van der Waals surface area contributed by atoms with E-state index in [0.29, 0.717) is 18.2 Å². The number of fused-ring (bicyclic) bond motifs is 3. The summed E-state index contributed by atoms with van der Waals surface area (Å²) in [4.78, 5) is 11.4. The van der Waals surface area contributed by atoms with E-state index in [1.54, 1.807) is 6.33 Å². The van der Waals surface area contributed by atoms with Gasteiger partial charge in [-0.1, -0.05) is 32.9 Å². The maximum Gasteiger partial charge on any atom is 0.143 e. The molecule has 9 heteroatoms. The van der Waals surface area contributed by atoms with Crippen LogP contribution in [0.25, 0.3) is 0 Å². The Morgan fingerprint density at radius 1 is 1.18 bits per heavy atom. The minimum Gasteiger partial charge on any atom is -0.325 e.